The highest BCUT2D eigenvalue weighted by Crippen LogP contribution is 2.20. The van der Waals surface area contributed by atoms with E-state index in [1.165, 1.54) is 24.5 Å². The number of benzene rings is 1. The van der Waals surface area contributed by atoms with Gasteiger partial charge in [0.15, 0.2) is 9.84 Å². The van der Waals surface area contributed by atoms with Gasteiger partial charge in [0.25, 0.3) is 0 Å². The van der Waals surface area contributed by atoms with Crippen molar-refractivity contribution in [2.45, 2.75) is 25.0 Å². The van der Waals surface area contributed by atoms with E-state index in [4.69, 9.17) is 9.52 Å². The van der Waals surface area contributed by atoms with Gasteiger partial charge in [0, 0.05) is 12.2 Å². The monoisotopic (exact) mass is 327 g/mol. The Morgan fingerprint density at radius 1 is 1.23 bits per heavy atom. The number of rotatable bonds is 8. The molecule has 0 fully saturated rings. The molecule has 0 radical (unpaired) electrons. The Kier molecular flexibility index (Phi) is 5.68. The van der Waals surface area contributed by atoms with Crippen molar-refractivity contribution in [1.82, 2.24) is 4.98 Å². The number of halogens is 1. The van der Waals surface area contributed by atoms with Crippen LogP contribution in [-0.4, -0.2) is 30.9 Å². The van der Waals surface area contributed by atoms with Gasteiger partial charge in [0.2, 0.25) is 5.89 Å². The largest absolute Gasteiger partial charge is 0.444 e. The van der Waals surface area contributed by atoms with E-state index in [9.17, 15) is 12.8 Å². The van der Waals surface area contributed by atoms with Crippen LogP contribution in [0, 0.1) is 5.82 Å². The summed E-state index contributed by atoms with van der Waals surface area (Å²) in [7, 11) is -3.27. The Balaban J connectivity index is 1.99. The molecular weight excluding hydrogens is 309 g/mol. The van der Waals surface area contributed by atoms with Crippen LogP contribution in [0.25, 0.3) is 11.5 Å². The molecule has 0 unspecified atom stereocenters. The van der Waals surface area contributed by atoms with Crippen molar-refractivity contribution in [3.05, 3.63) is 42.0 Å². The molecule has 7 heteroatoms. The summed E-state index contributed by atoms with van der Waals surface area (Å²) in [5.41, 5.74) is 0.771. The Bertz CT molecular complexity index is 712. The van der Waals surface area contributed by atoms with Gasteiger partial charge in [0.1, 0.15) is 12.1 Å². The van der Waals surface area contributed by atoms with Gasteiger partial charge in [-0.25, -0.2) is 17.8 Å². The number of oxazole rings is 1. The van der Waals surface area contributed by atoms with Crippen molar-refractivity contribution >= 4 is 9.84 Å². The lowest BCUT2D eigenvalue weighted by atomic mass is 10.2. The topological polar surface area (TPSA) is 80.4 Å². The van der Waals surface area contributed by atoms with Crippen LogP contribution in [0.4, 0.5) is 4.39 Å². The molecule has 0 saturated carbocycles. The molecular formula is C15H18FNO4S. The quantitative estimate of drug-likeness (QED) is 0.754. The highest BCUT2D eigenvalue weighted by atomic mass is 32.2. The molecule has 0 atom stereocenters. The number of hydrogen-bond acceptors (Lipinski definition) is 5. The lowest BCUT2D eigenvalue weighted by molar-refractivity contribution is 0.284. The zero-order valence-corrected chi connectivity index (χ0v) is 12.9. The normalized spacial score (nSPS) is 11.7. The highest BCUT2D eigenvalue weighted by Gasteiger charge is 2.16. The molecule has 0 amide bonds. The molecule has 0 saturated heterocycles. The zero-order valence-electron chi connectivity index (χ0n) is 12.0. The third-order valence-corrected chi connectivity index (χ3v) is 4.75. The molecule has 1 heterocycles. The number of sulfone groups is 1. The molecule has 22 heavy (non-hydrogen) atoms. The summed E-state index contributed by atoms with van der Waals surface area (Å²) >= 11 is 0. The number of aromatic nitrogens is 1. The van der Waals surface area contributed by atoms with Gasteiger partial charge in [-0.2, -0.15) is 0 Å². The molecule has 2 aromatic rings. The van der Waals surface area contributed by atoms with E-state index in [0.29, 0.717) is 30.5 Å². The van der Waals surface area contributed by atoms with Crippen molar-refractivity contribution in [1.29, 1.82) is 0 Å². The van der Waals surface area contributed by atoms with Crippen LogP contribution in [0.5, 0.6) is 0 Å². The van der Waals surface area contributed by atoms with Crippen molar-refractivity contribution in [2.24, 2.45) is 0 Å². The number of unbranched alkanes of at least 4 members (excludes halogenated alkanes) is 2. The maximum atomic E-state index is 13.1. The number of hydrogen-bond donors (Lipinski definition) is 1. The zero-order chi connectivity index (χ0) is 16.0. The van der Waals surface area contributed by atoms with Crippen LogP contribution in [0.1, 0.15) is 25.0 Å². The summed E-state index contributed by atoms with van der Waals surface area (Å²) in [6.45, 7) is 0.0698. The van der Waals surface area contributed by atoms with Gasteiger partial charge in [-0.05, 0) is 31.0 Å². The molecule has 1 N–H and O–H groups in total. The molecule has 0 aliphatic rings. The molecule has 0 aliphatic carbocycles. The van der Waals surface area contributed by atoms with Crippen molar-refractivity contribution in [3.8, 4) is 11.5 Å². The number of aliphatic hydroxyl groups is 1. The highest BCUT2D eigenvalue weighted by molar-refractivity contribution is 7.90. The molecule has 1 aromatic heterocycles. The van der Waals surface area contributed by atoms with Crippen LogP contribution in [0.15, 0.2) is 34.9 Å². The maximum Gasteiger partial charge on any atom is 0.226 e. The number of aliphatic hydroxyl groups excluding tert-OH is 1. The molecule has 2 rings (SSSR count). The van der Waals surface area contributed by atoms with Gasteiger partial charge >= 0.3 is 0 Å². The van der Waals surface area contributed by atoms with Crippen LogP contribution in [0.3, 0.4) is 0 Å². The summed E-state index contributed by atoms with van der Waals surface area (Å²) in [6.07, 6.45) is 3.06. The second-order valence-corrected chi connectivity index (χ2v) is 7.21. The predicted molar refractivity (Wildman–Crippen MR) is 80.3 cm³/mol. The van der Waals surface area contributed by atoms with Crippen molar-refractivity contribution < 1.29 is 22.3 Å². The van der Waals surface area contributed by atoms with Gasteiger partial charge in [-0.1, -0.05) is 12.5 Å². The fourth-order valence-corrected chi connectivity index (χ4v) is 3.41. The van der Waals surface area contributed by atoms with E-state index in [1.54, 1.807) is 6.07 Å². The minimum absolute atomic E-state index is 0.0508. The van der Waals surface area contributed by atoms with Gasteiger partial charge in [0.05, 0.1) is 17.2 Å². The summed E-state index contributed by atoms with van der Waals surface area (Å²) in [4.78, 5) is 4.10. The molecule has 0 bridgehead atoms. The van der Waals surface area contributed by atoms with E-state index < -0.39 is 15.7 Å². The SMILES string of the molecule is O=S(=O)(CCCCCO)Cc1coc(-c2cccc(F)c2)n1. The third-order valence-electron chi connectivity index (χ3n) is 3.10. The van der Waals surface area contributed by atoms with E-state index >= 15 is 0 Å². The summed E-state index contributed by atoms with van der Waals surface area (Å²) in [5.74, 6) is -0.362. The molecule has 120 valence electrons. The minimum atomic E-state index is -3.27. The smallest absolute Gasteiger partial charge is 0.226 e. The lowest BCUT2D eigenvalue weighted by Gasteiger charge is -2.01. The standard InChI is InChI=1S/C15H18FNO4S/c16-13-6-4-5-12(9-13)15-17-14(10-21-15)11-22(19,20)8-3-1-2-7-18/h4-6,9-10,18H,1-3,7-8,11H2. The van der Waals surface area contributed by atoms with Gasteiger partial charge < -0.3 is 9.52 Å². The average molecular weight is 327 g/mol. The Morgan fingerprint density at radius 2 is 2.05 bits per heavy atom. The summed E-state index contributed by atoms with van der Waals surface area (Å²) in [6, 6.07) is 5.76. The van der Waals surface area contributed by atoms with Crippen LogP contribution in [-0.2, 0) is 15.6 Å². The first-order valence-corrected chi connectivity index (χ1v) is 8.84. The van der Waals surface area contributed by atoms with Gasteiger partial charge in [-0.15, -0.1) is 0 Å². The second-order valence-electron chi connectivity index (χ2n) is 5.03. The molecule has 1 aromatic carbocycles. The van der Waals surface area contributed by atoms with E-state index in [2.05, 4.69) is 4.98 Å². The summed E-state index contributed by atoms with van der Waals surface area (Å²) in [5, 5.41) is 8.66. The predicted octanol–water partition coefficient (Wildman–Crippen LogP) is 2.56. The van der Waals surface area contributed by atoms with Crippen molar-refractivity contribution in [2.75, 3.05) is 12.4 Å². The molecule has 0 aliphatic heterocycles. The van der Waals surface area contributed by atoms with E-state index in [0.717, 1.165) is 0 Å². The van der Waals surface area contributed by atoms with E-state index in [-0.39, 0.29) is 24.0 Å². The maximum absolute atomic E-state index is 13.1. The van der Waals surface area contributed by atoms with Crippen LogP contribution < -0.4 is 0 Å². The first-order chi connectivity index (χ1) is 10.5. The average Bonchev–Trinajstić information content (AvgIpc) is 2.91. The number of nitrogens with zero attached hydrogens (tertiary/aromatic N) is 1. The third kappa shape index (κ3) is 4.92. The first-order valence-electron chi connectivity index (χ1n) is 7.02. The van der Waals surface area contributed by atoms with Gasteiger partial charge in [-0.3, -0.25) is 0 Å². The first kappa shape index (κ1) is 16.6. The summed E-state index contributed by atoms with van der Waals surface area (Å²) < 4.78 is 42.3. The van der Waals surface area contributed by atoms with E-state index in [1.807, 2.05) is 0 Å². The van der Waals surface area contributed by atoms with Crippen LogP contribution >= 0.6 is 0 Å². The Hall–Kier alpha value is -1.73. The Labute approximate surface area is 128 Å². The molecule has 5 nitrogen and oxygen atoms in total. The lowest BCUT2D eigenvalue weighted by Crippen LogP contribution is -2.09. The second kappa shape index (κ2) is 7.51. The molecule has 0 spiro atoms. The Morgan fingerprint density at radius 3 is 2.77 bits per heavy atom. The minimum Gasteiger partial charge on any atom is -0.444 e. The van der Waals surface area contributed by atoms with Crippen molar-refractivity contribution in [3.63, 3.8) is 0 Å². The fraction of sp³-hybridized carbons (Fsp3) is 0.400. The van der Waals surface area contributed by atoms with Crippen LogP contribution in [0.2, 0.25) is 0 Å². The fourth-order valence-electron chi connectivity index (χ4n) is 2.04.